The minimum atomic E-state index is -1.11. The molecule has 0 aliphatic heterocycles. The van der Waals surface area contributed by atoms with Crippen LogP contribution in [0.2, 0.25) is 0 Å². The van der Waals surface area contributed by atoms with Gasteiger partial charge in [0, 0.05) is 17.0 Å². The number of Topliss-reactive ketones (excluding diaryl/α,β-unsaturated/α-hetero) is 1. The van der Waals surface area contributed by atoms with Crippen molar-refractivity contribution in [3.05, 3.63) is 12.4 Å². The van der Waals surface area contributed by atoms with Crippen molar-refractivity contribution in [1.82, 2.24) is 9.78 Å². The Morgan fingerprint density at radius 3 is 2.74 bits per heavy atom. The molecule has 4 saturated carbocycles. The average molecular weight is 449 g/mol. The smallest absolute Gasteiger partial charge is 0.157 e. The number of hydrogen-bond acceptors (Lipinski definition) is 4. The lowest BCUT2D eigenvalue weighted by Crippen LogP contribution is -2.58. The van der Waals surface area contributed by atoms with E-state index < -0.39 is 11.3 Å². The van der Waals surface area contributed by atoms with Crippen molar-refractivity contribution < 1.29 is 14.3 Å². The fourth-order valence-corrected chi connectivity index (χ4v) is 8.69. The molecule has 4 aliphatic rings. The number of ketones is 1. The summed E-state index contributed by atoms with van der Waals surface area (Å²) in [5.74, 6) is 1.34. The molecule has 5 rings (SSSR count). The molecule has 1 heterocycles. The van der Waals surface area contributed by atoms with Crippen molar-refractivity contribution >= 4 is 17.5 Å². The van der Waals surface area contributed by atoms with E-state index in [1.165, 1.54) is 0 Å². The third kappa shape index (κ3) is 3.51. The molecular formula is C25H37FN2O2S. The predicted molar refractivity (Wildman–Crippen MR) is 121 cm³/mol. The van der Waals surface area contributed by atoms with Gasteiger partial charge in [0.1, 0.15) is 5.67 Å². The molecule has 0 saturated heterocycles. The first-order valence-corrected chi connectivity index (χ1v) is 13.4. The number of carbonyl (C=O) groups is 1. The average Bonchev–Trinajstić information content (AvgIpc) is 3.31. The molecule has 4 aliphatic carbocycles. The van der Waals surface area contributed by atoms with Gasteiger partial charge in [0.05, 0.1) is 18.3 Å². The number of aromatic nitrogens is 2. The van der Waals surface area contributed by atoms with Gasteiger partial charge in [-0.25, -0.2) is 4.39 Å². The third-order valence-corrected chi connectivity index (χ3v) is 10.5. The molecule has 0 spiro atoms. The number of thioether (sulfide) groups is 1. The first-order valence-electron chi connectivity index (χ1n) is 12.2. The predicted octanol–water partition coefficient (Wildman–Crippen LogP) is 5.29. The molecule has 0 bridgehead atoms. The molecule has 0 aromatic carbocycles. The molecule has 31 heavy (non-hydrogen) atoms. The number of halogens is 1. The van der Waals surface area contributed by atoms with E-state index >= 15 is 4.39 Å². The van der Waals surface area contributed by atoms with Crippen LogP contribution in [0.4, 0.5) is 4.39 Å². The molecule has 1 aromatic rings. The Hall–Kier alpha value is -0.880. The van der Waals surface area contributed by atoms with Gasteiger partial charge in [0.2, 0.25) is 0 Å². The zero-order chi connectivity index (χ0) is 22.0. The van der Waals surface area contributed by atoms with E-state index in [1.54, 1.807) is 16.4 Å². The van der Waals surface area contributed by atoms with Crippen molar-refractivity contribution in [3.63, 3.8) is 0 Å². The van der Waals surface area contributed by atoms with Crippen molar-refractivity contribution in [2.45, 2.75) is 94.3 Å². The van der Waals surface area contributed by atoms with Crippen molar-refractivity contribution in [2.75, 3.05) is 6.26 Å². The fraction of sp³-hybridized carbons (Fsp3) is 0.840. The molecule has 1 aromatic heterocycles. The molecule has 0 radical (unpaired) electrons. The van der Waals surface area contributed by atoms with Crippen LogP contribution in [0.5, 0.6) is 0 Å². The number of aliphatic hydroxyl groups is 1. The van der Waals surface area contributed by atoms with Gasteiger partial charge in [-0.3, -0.25) is 9.48 Å². The van der Waals surface area contributed by atoms with E-state index in [2.05, 4.69) is 12.0 Å². The molecule has 8 atom stereocenters. The summed E-state index contributed by atoms with van der Waals surface area (Å²) in [5, 5.41) is 14.9. The Bertz CT molecular complexity index is 856. The second-order valence-electron chi connectivity index (χ2n) is 11.5. The molecule has 1 N–H and O–H groups in total. The van der Waals surface area contributed by atoms with Crippen LogP contribution in [0.25, 0.3) is 0 Å². The normalized spacial score (nSPS) is 46.8. The number of alkyl halides is 1. The van der Waals surface area contributed by atoms with Crippen LogP contribution < -0.4 is 0 Å². The maximum absolute atomic E-state index is 16.5. The van der Waals surface area contributed by atoms with Crippen LogP contribution in [0.3, 0.4) is 0 Å². The van der Waals surface area contributed by atoms with Crippen molar-refractivity contribution in [2.24, 2.45) is 35.0 Å². The first kappa shape index (κ1) is 21.9. The number of carbonyl (C=O) groups excluding carboxylic acids is 1. The van der Waals surface area contributed by atoms with E-state index in [4.69, 9.17) is 0 Å². The SMILES string of the molecule is CSc1cnn(CC(=O)[C@H]2CC[C@H]3[C@@H]4CC[C@H]5C[C@](C)(O)CC[C@]5(F)[C@H]4CC[C@]23C)c1. The monoisotopic (exact) mass is 448 g/mol. The van der Waals surface area contributed by atoms with E-state index in [0.717, 1.165) is 43.4 Å². The van der Waals surface area contributed by atoms with Crippen LogP contribution in [-0.4, -0.2) is 38.2 Å². The van der Waals surface area contributed by atoms with E-state index in [-0.39, 0.29) is 23.2 Å². The summed E-state index contributed by atoms with van der Waals surface area (Å²) in [7, 11) is 0. The van der Waals surface area contributed by atoms with Gasteiger partial charge >= 0.3 is 0 Å². The van der Waals surface area contributed by atoms with Crippen LogP contribution in [0, 0.1) is 35.0 Å². The number of rotatable bonds is 4. The standard InChI is InChI=1S/C25H37FN2O2S/c1-23(30)10-11-25(26)16(12-23)4-5-18-19-6-7-21(24(19,2)9-8-20(18)25)22(29)15-28-14-17(31-3)13-27-28/h13-14,16,18-21,30H,4-12,15H2,1-3H3/t16-,18-,19-,20-,21+,23+,24-,25+/m0/s1. The van der Waals surface area contributed by atoms with Gasteiger partial charge in [0.15, 0.2) is 5.78 Å². The summed E-state index contributed by atoms with van der Waals surface area (Å²) in [5.41, 5.74) is -1.82. The van der Waals surface area contributed by atoms with Crippen LogP contribution >= 0.6 is 11.8 Å². The van der Waals surface area contributed by atoms with Gasteiger partial charge in [-0.1, -0.05) is 6.92 Å². The minimum absolute atomic E-state index is 0.00288. The molecule has 0 unspecified atom stereocenters. The van der Waals surface area contributed by atoms with Gasteiger partial charge in [-0.2, -0.15) is 5.10 Å². The maximum atomic E-state index is 16.5. The van der Waals surface area contributed by atoms with Crippen LogP contribution in [0.1, 0.15) is 71.6 Å². The number of hydrogen-bond donors (Lipinski definition) is 1. The highest BCUT2D eigenvalue weighted by molar-refractivity contribution is 7.98. The summed E-state index contributed by atoms with van der Waals surface area (Å²) in [6.07, 6.45) is 13.3. The van der Waals surface area contributed by atoms with E-state index in [9.17, 15) is 9.90 Å². The topological polar surface area (TPSA) is 55.1 Å². The zero-order valence-electron chi connectivity index (χ0n) is 19.1. The van der Waals surface area contributed by atoms with Gasteiger partial charge in [-0.15, -0.1) is 11.8 Å². The van der Waals surface area contributed by atoms with E-state index in [0.29, 0.717) is 43.4 Å². The summed E-state index contributed by atoms with van der Waals surface area (Å²) < 4.78 is 18.3. The van der Waals surface area contributed by atoms with Gasteiger partial charge in [0.25, 0.3) is 0 Å². The lowest BCUT2D eigenvalue weighted by atomic mass is 9.48. The van der Waals surface area contributed by atoms with Gasteiger partial charge in [-0.05, 0) is 100 Å². The van der Waals surface area contributed by atoms with Crippen molar-refractivity contribution in [3.8, 4) is 0 Å². The molecule has 4 nitrogen and oxygen atoms in total. The lowest BCUT2D eigenvalue weighted by Gasteiger charge is -2.59. The Morgan fingerprint density at radius 1 is 1.19 bits per heavy atom. The maximum Gasteiger partial charge on any atom is 0.157 e. The summed E-state index contributed by atoms with van der Waals surface area (Å²) >= 11 is 1.64. The molecule has 0 amide bonds. The highest BCUT2D eigenvalue weighted by atomic mass is 32.2. The fourth-order valence-electron chi connectivity index (χ4n) is 8.31. The summed E-state index contributed by atoms with van der Waals surface area (Å²) in [6.45, 7) is 4.56. The van der Waals surface area contributed by atoms with Gasteiger partial charge < -0.3 is 5.11 Å². The van der Waals surface area contributed by atoms with Crippen LogP contribution in [-0.2, 0) is 11.3 Å². The minimum Gasteiger partial charge on any atom is -0.390 e. The molecule has 6 heteroatoms. The quantitative estimate of drug-likeness (QED) is 0.636. The Morgan fingerprint density at radius 2 is 2.00 bits per heavy atom. The third-order valence-electron chi connectivity index (χ3n) is 9.87. The summed E-state index contributed by atoms with van der Waals surface area (Å²) in [4.78, 5) is 14.4. The Labute approximate surface area is 189 Å². The van der Waals surface area contributed by atoms with E-state index in [1.807, 2.05) is 25.6 Å². The number of fused-ring (bicyclic) bond motifs is 5. The summed E-state index contributed by atoms with van der Waals surface area (Å²) in [6, 6.07) is 0. The lowest BCUT2D eigenvalue weighted by molar-refractivity contribution is -0.166. The van der Waals surface area contributed by atoms with Crippen molar-refractivity contribution in [1.29, 1.82) is 0 Å². The number of nitrogens with zero attached hydrogens (tertiary/aromatic N) is 2. The van der Waals surface area contributed by atoms with Crippen LogP contribution in [0.15, 0.2) is 17.3 Å². The largest absolute Gasteiger partial charge is 0.390 e. The molecule has 4 fully saturated rings. The highest BCUT2D eigenvalue weighted by Gasteiger charge is 2.63. The zero-order valence-corrected chi connectivity index (χ0v) is 20.0. The molecule has 172 valence electrons. The Kier molecular flexibility index (Phi) is 5.36. The second-order valence-corrected chi connectivity index (χ2v) is 12.4. The highest BCUT2D eigenvalue weighted by Crippen LogP contribution is 2.66. The first-order chi connectivity index (χ1) is 14.7. The molecular weight excluding hydrogens is 411 g/mol. The Balaban J connectivity index is 1.33. The second kappa shape index (κ2) is 7.58.